The monoisotopic (exact) mass is 230 g/mol. The first-order valence-corrected chi connectivity index (χ1v) is 6.89. The van der Waals surface area contributed by atoms with Crippen LogP contribution < -0.4 is 10.2 Å². The highest BCUT2D eigenvalue weighted by Crippen LogP contribution is 2.37. The van der Waals surface area contributed by atoms with Crippen LogP contribution in [0.15, 0.2) is 30.3 Å². The number of hydrogen-bond donors (Lipinski definition) is 1. The molecule has 2 aliphatic rings. The fraction of sp³-hybridized carbons (Fsp3) is 0.600. The number of benzene rings is 1. The van der Waals surface area contributed by atoms with Gasteiger partial charge in [0.2, 0.25) is 0 Å². The van der Waals surface area contributed by atoms with Crippen LogP contribution in [0.25, 0.3) is 0 Å². The molecule has 0 spiro atoms. The number of hydrogen-bond acceptors (Lipinski definition) is 2. The van der Waals surface area contributed by atoms with E-state index in [1.807, 2.05) is 0 Å². The molecule has 2 heteroatoms. The Morgan fingerprint density at radius 2 is 1.71 bits per heavy atom. The van der Waals surface area contributed by atoms with Crippen molar-refractivity contribution in [3.8, 4) is 0 Å². The van der Waals surface area contributed by atoms with Crippen molar-refractivity contribution in [3.63, 3.8) is 0 Å². The van der Waals surface area contributed by atoms with Gasteiger partial charge in [-0.2, -0.15) is 0 Å². The van der Waals surface area contributed by atoms with Crippen LogP contribution in [-0.2, 0) is 0 Å². The second kappa shape index (κ2) is 4.69. The molecular weight excluding hydrogens is 208 g/mol. The Kier molecular flexibility index (Phi) is 3.06. The molecule has 2 nitrogen and oxygen atoms in total. The van der Waals surface area contributed by atoms with Gasteiger partial charge in [-0.3, -0.25) is 0 Å². The van der Waals surface area contributed by atoms with E-state index in [0.717, 1.165) is 18.1 Å². The minimum absolute atomic E-state index is 0.727. The SMILES string of the molecule is CNC1CC2CCCC(C1)N2c1ccccc1. The molecule has 0 saturated carbocycles. The molecule has 2 aliphatic heterocycles. The lowest BCUT2D eigenvalue weighted by atomic mass is 9.81. The summed E-state index contributed by atoms with van der Waals surface area (Å²) in [5.41, 5.74) is 1.43. The summed E-state index contributed by atoms with van der Waals surface area (Å²) in [6.45, 7) is 0. The van der Waals surface area contributed by atoms with Crippen molar-refractivity contribution in [2.75, 3.05) is 11.9 Å². The van der Waals surface area contributed by atoms with Crippen LogP contribution in [-0.4, -0.2) is 25.2 Å². The van der Waals surface area contributed by atoms with E-state index in [0.29, 0.717) is 0 Å². The highest BCUT2D eigenvalue weighted by molar-refractivity contribution is 5.49. The maximum atomic E-state index is 3.48. The zero-order chi connectivity index (χ0) is 11.7. The minimum Gasteiger partial charge on any atom is -0.365 e. The van der Waals surface area contributed by atoms with Crippen molar-refractivity contribution in [1.82, 2.24) is 5.32 Å². The molecule has 2 fully saturated rings. The third-order valence-electron chi connectivity index (χ3n) is 4.44. The molecule has 2 atom stereocenters. The fourth-order valence-electron chi connectivity index (χ4n) is 3.64. The largest absolute Gasteiger partial charge is 0.365 e. The van der Waals surface area contributed by atoms with Gasteiger partial charge in [-0.15, -0.1) is 0 Å². The molecule has 0 amide bonds. The van der Waals surface area contributed by atoms with Crippen LogP contribution in [0.4, 0.5) is 5.69 Å². The zero-order valence-corrected chi connectivity index (χ0v) is 10.6. The van der Waals surface area contributed by atoms with E-state index in [1.54, 1.807) is 0 Å². The molecule has 0 radical (unpaired) electrons. The Labute approximate surface area is 104 Å². The maximum Gasteiger partial charge on any atom is 0.0371 e. The summed E-state index contributed by atoms with van der Waals surface area (Å²) < 4.78 is 0. The summed E-state index contributed by atoms with van der Waals surface area (Å²) in [6, 6.07) is 13.2. The number of nitrogens with one attached hydrogen (secondary N) is 1. The van der Waals surface area contributed by atoms with E-state index in [-0.39, 0.29) is 0 Å². The lowest BCUT2D eigenvalue weighted by molar-refractivity contribution is 0.252. The first-order valence-electron chi connectivity index (χ1n) is 6.89. The summed E-state index contributed by atoms with van der Waals surface area (Å²) in [6.07, 6.45) is 6.76. The number of rotatable bonds is 2. The highest BCUT2D eigenvalue weighted by Gasteiger charge is 2.37. The molecule has 17 heavy (non-hydrogen) atoms. The lowest BCUT2D eigenvalue weighted by Crippen LogP contribution is -2.56. The average molecular weight is 230 g/mol. The second-order valence-corrected chi connectivity index (χ2v) is 5.44. The summed E-state index contributed by atoms with van der Waals surface area (Å²) in [7, 11) is 2.11. The predicted octanol–water partition coefficient (Wildman–Crippen LogP) is 2.80. The van der Waals surface area contributed by atoms with Crippen LogP contribution in [0.3, 0.4) is 0 Å². The number of fused-ring (bicyclic) bond motifs is 2. The average Bonchev–Trinajstić information content (AvgIpc) is 2.38. The Balaban J connectivity index is 1.85. The molecule has 0 aromatic heterocycles. The molecule has 2 unspecified atom stereocenters. The van der Waals surface area contributed by atoms with Crippen LogP contribution in [0.1, 0.15) is 32.1 Å². The van der Waals surface area contributed by atoms with Crippen LogP contribution in [0.2, 0.25) is 0 Å². The molecular formula is C15H22N2. The molecule has 2 bridgehead atoms. The van der Waals surface area contributed by atoms with Crippen LogP contribution in [0.5, 0.6) is 0 Å². The van der Waals surface area contributed by atoms with Gasteiger partial charge in [0, 0.05) is 23.8 Å². The van der Waals surface area contributed by atoms with Gasteiger partial charge in [0.25, 0.3) is 0 Å². The number of para-hydroxylation sites is 1. The van der Waals surface area contributed by atoms with E-state index in [9.17, 15) is 0 Å². The smallest absolute Gasteiger partial charge is 0.0371 e. The predicted molar refractivity (Wildman–Crippen MR) is 72.4 cm³/mol. The van der Waals surface area contributed by atoms with Crippen molar-refractivity contribution in [2.24, 2.45) is 0 Å². The van der Waals surface area contributed by atoms with Crippen LogP contribution >= 0.6 is 0 Å². The van der Waals surface area contributed by atoms with Gasteiger partial charge < -0.3 is 10.2 Å². The highest BCUT2D eigenvalue weighted by atomic mass is 15.2. The molecule has 0 aliphatic carbocycles. The second-order valence-electron chi connectivity index (χ2n) is 5.44. The molecule has 2 saturated heterocycles. The van der Waals surface area contributed by atoms with E-state index >= 15 is 0 Å². The quantitative estimate of drug-likeness (QED) is 0.840. The minimum atomic E-state index is 0.727. The van der Waals surface area contributed by atoms with Gasteiger partial charge in [-0.1, -0.05) is 18.2 Å². The van der Waals surface area contributed by atoms with Gasteiger partial charge in [0.15, 0.2) is 0 Å². The van der Waals surface area contributed by atoms with Gasteiger partial charge in [0.1, 0.15) is 0 Å². The van der Waals surface area contributed by atoms with Crippen molar-refractivity contribution >= 4 is 5.69 Å². The Bertz CT molecular complexity index is 348. The standard InChI is InChI=1S/C15H22N2/c1-16-12-10-14-8-5-9-15(11-12)17(14)13-6-3-2-4-7-13/h2-4,6-7,12,14-16H,5,8-11H2,1H3. The fourth-order valence-corrected chi connectivity index (χ4v) is 3.64. The number of nitrogens with zero attached hydrogens (tertiary/aromatic N) is 1. The van der Waals surface area contributed by atoms with Gasteiger partial charge in [0.05, 0.1) is 0 Å². The number of anilines is 1. The van der Waals surface area contributed by atoms with E-state index < -0.39 is 0 Å². The molecule has 1 aromatic rings. The number of piperidine rings is 2. The first kappa shape index (κ1) is 11.1. The van der Waals surface area contributed by atoms with E-state index in [4.69, 9.17) is 0 Å². The molecule has 1 aromatic carbocycles. The van der Waals surface area contributed by atoms with E-state index in [1.165, 1.54) is 37.8 Å². The third-order valence-corrected chi connectivity index (χ3v) is 4.44. The molecule has 1 N–H and O–H groups in total. The maximum absolute atomic E-state index is 3.48. The van der Waals surface area contributed by atoms with Crippen LogP contribution in [0, 0.1) is 0 Å². The first-order chi connectivity index (χ1) is 8.38. The Hall–Kier alpha value is -1.02. The normalized spacial score (nSPS) is 32.5. The third kappa shape index (κ3) is 2.06. The topological polar surface area (TPSA) is 15.3 Å². The summed E-state index contributed by atoms with van der Waals surface area (Å²) >= 11 is 0. The Morgan fingerprint density at radius 1 is 1.06 bits per heavy atom. The summed E-state index contributed by atoms with van der Waals surface area (Å²) in [5.74, 6) is 0. The molecule has 92 valence electrons. The van der Waals surface area contributed by atoms with Gasteiger partial charge in [-0.05, 0) is 51.3 Å². The van der Waals surface area contributed by atoms with Crippen molar-refractivity contribution in [3.05, 3.63) is 30.3 Å². The van der Waals surface area contributed by atoms with Gasteiger partial charge >= 0.3 is 0 Å². The van der Waals surface area contributed by atoms with E-state index in [2.05, 4.69) is 47.6 Å². The zero-order valence-electron chi connectivity index (χ0n) is 10.6. The van der Waals surface area contributed by atoms with Crippen molar-refractivity contribution in [1.29, 1.82) is 0 Å². The van der Waals surface area contributed by atoms with Gasteiger partial charge in [-0.25, -0.2) is 0 Å². The van der Waals surface area contributed by atoms with Crippen molar-refractivity contribution in [2.45, 2.75) is 50.2 Å². The molecule has 2 heterocycles. The van der Waals surface area contributed by atoms with Crippen molar-refractivity contribution < 1.29 is 0 Å². The summed E-state index contributed by atoms with van der Waals surface area (Å²) in [4.78, 5) is 2.69. The molecule has 3 rings (SSSR count). The summed E-state index contributed by atoms with van der Waals surface area (Å²) in [5, 5.41) is 3.48. The Morgan fingerprint density at radius 3 is 2.29 bits per heavy atom. The lowest BCUT2D eigenvalue weighted by Gasteiger charge is -2.50.